The first-order valence-corrected chi connectivity index (χ1v) is 8.85. The maximum absolute atomic E-state index is 13.1. The van der Waals surface area contributed by atoms with Crippen molar-refractivity contribution in [1.82, 2.24) is 0 Å². The van der Waals surface area contributed by atoms with Gasteiger partial charge in [-0.3, -0.25) is 9.59 Å². The van der Waals surface area contributed by atoms with Gasteiger partial charge in [0.25, 0.3) is 0 Å². The minimum atomic E-state index is -0.512. The highest BCUT2D eigenvalue weighted by Gasteiger charge is 2.57. The second-order valence-corrected chi connectivity index (χ2v) is 7.32. The van der Waals surface area contributed by atoms with Gasteiger partial charge in [-0.25, -0.2) is 9.69 Å². The molecule has 0 aromatic heterocycles. The molecule has 2 fully saturated rings. The Kier molecular flexibility index (Phi) is 3.74. The molecular weight excluding hydrogens is 318 g/mol. The number of benzene rings is 1. The molecule has 0 N–H and O–H groups in total. The van der Waals surface area contributed by atoms with E-state index in [0.717, 1.165) is 12.8 Å². The van der Waals surface area contributed by atoms with Crippen LogP contribution in [0.5, 0.6) is 0 Å². The van der Waals surface area contributed by atoms with Gasteiger partial charge in [0.1, 0.15) is 0 Å². The molecule has 3 aliphatic carbocycles. The van der Waals surface area contributed by atoms with Crippen LogP contribution in [-0.4, -0.2) is 23.9 Å². The highest BCUT2D eigenvalue weighted by Crippen LogP contribution is 2.50. The summed E-state index contributed by atoms with van der Waals surface area (Å²) in [6.07, 6.45) is 5.80. The monoisotopic (exact) mass is 339 g/mol. The van der Waals surface area contributed by atoms with Crippen LogP contribution in [0.3, 0.4) is 0 Å². The number of amides is 2. The van der Waals surface area contributed by atoms with E-state index >= 15 is 0 Å². The molecule has 1 heterocycles. The van der Waals surface area contributed by atoms with Crippen molar-refractivity contribution in [2.24, 2.45) is 23.7 Å². The molecule has 4 aliphatic rings. The minimum absolute atomic E-state index is 0.131. The third-order valence-electron chi connectivity index (χ3n) is 5.47. The van der Waals surface area contributed by atoms with Gasteiger partial charge in [0.2, 0.25) is 11.8 Å². The molecule has 2 amide bonds. The van der Waals surface area contributed by atoms with Crippen molar-refractivity contribution >= 4 is 23.5 Å². The summed E-state index contributed by atoms with van der Waals surface area (Å²) in [7, 11) is 0. The lowest BCUT2D eigenvalue weighted by Crippen LogP contribution is -2.38. The number of para-hydroxylation sites is 1. The summed E-state index contributed by atoms with van der Waals surface area (Å²) in [5.74, 6) is -1.19. The highest BCUT2D eigenvalue weighted by molar-refractivity contribution is 6.24. The Bertz CT molecular complexity index is 750. The predicted molar refractivity (Wildman–Crippen MR) is 91.8 cm³/mol. The molecule has 1 saturated carbocycles. The van der Waals surface area contributed by atoms with Gasteiger partial charge in [-0.2, -0.15) is 0 Å². The zero-order valence-corrected chi connectivity index (χ0v) is 14.3. The van der Waals surface area contributed by atoms with Gasteiger partial charge in [-0.1, -0.05) is 24.3 Å². The summed E-state index contributed by atoms with van der Waals surface area (Å²) in [6.45, 7) is 3.54. The van der Waals surface area contributed by atoms with Crippen LogP contribution in [0.15, 0.2) is 36.4 Å². The lowest BCUT2D eigenvalue weighted by atomic mass is 9.63. The van der Waals surface area contributed by atoms with Crippen molar-refractivity contribution < 1.29 is 19.1 Å². The SMILES string of the molecule is CC(C)OC(=O)c1ccccc1N1C(=O)[C@@H]2[C@H](C1=O)[C@H]1C=C[C@H]2CC1. The van der Waals surface area contributed by atoms with Crippen molar-refractivity contribution in [3.8, 4) is 0 Å². The van der Waals surface area contributed by atoms with E-state index in [1.807, 2.05) is 0 Å². The molecule has 5 heteroatoms. The zero-order chi connectivity index (χ0) is 17.7. The van der Waals surface area contributed by atoms with Gasteiger partial charge < -0.3 is 4.74 Å². The molecule has 4 atom stereocenters. The zero-order valence-electron chi connectivity index (χ0n) is 14.3. The minimum Gasteiger partial charge on any atom is -0.459 e. The van der Waals surface area contributed by atoms with Gasteiger partial charge >= 0.3 is 5.97 Å². The second-order valence-electron chi connectivity index (χ2n) is 7.32. The molecule has 1 aromatic rings. The van der Waals surface area contributed by atoms with Gasteiger partial charge in [-0.05, 0) is 50.7 Å². The van der Waals surface area contributed by atoms with Crippen LogP contribution in [0, 0.1) is 23.7 Å². The Hall–Kier alpha value is -2.43. The number of esters is 1. The quantitative estimate of drug-likeness (QED) is 0.482. The average Bonchev–Trinajstić information content (AvgIpc) is 2.88. The fourth-order valence-corrected chi connectivity index (χ4v) is 4.43. The van der Waals surface area contributed by atoms with E-state index in [0.29, 0.717) is 5.69 Å². The van der Waals surface area contributed by atoms with Crippen LogP contribution in [0.1, 0.15) is 37.0 Å². The molecule has 0 spiro atoms. The van der Waals surface area contributed by atoms with Crippen molar-refractivity contribution in [3.63, 3.8) is 0 Å². The normalized spacial score (nSPS) is 30.1. The third kappa shape index (κ3) is 2.41. The van der Waals surface area contributed by atoms with Gasteiger partial charge in [0, 0.05) is 0 Å². The third-order valence-corrected chi connectivity index (χ3v) is 5.47. The number of rotatable bonds is 3. The van der Waals surface area contributed by atoms with Crippen LogP contribution < -0.4 is 4.90 Å². The fourth-order valence-electron chi connectivity index (χ4n) is 4.43. The van der Waals surface area contributed by atoms with Crippen LogP contribution in [-0.2, 0) is 14.3 Å². The summed E-state index contributed by atoms with van der Waals surface area (Å²) in [6, 6.07) is 6.70. The molecule has 1 saturated heterocycles. The van der Waals surface area contributed by atoms with E-state index in [2.05, 4.69) is 12.2 Å². The molecule has 5 nitrogen and oxygen atoms in total. The molecule has 5 rings (SSSR count). The topological polar surface area (TPSA) is 63.7 Å². The Morgan fingerprint density at radius 2 is 1.60 bits per heavy atom. The second kappa shape index (κ2) is 5.83. The lowest BCUT2D eigenvalue weighted by molar-refractivity contribution is -0.124. The Labute approximate surface area is 146 Å². The Balaban J connectivity index is 1.73. The molecule has 1 aliphatic heterocycles. The molecule has 130 valence electrons. The number of allylic oxidation sites excluding steroid dienone is 2. The average molecular weight is 339 g/mol. The van der Waals surface area contributed by atoms with E-state index < -0.39 is 5.97 Å². The van der Waals surface area contributed by atoms with Crippen molar-refractivity contribution in [3.05, 3.63) is 42.0 Å². The fraction of sp³-hybridized carbons (Fsp3) is 0.450. The van der Waals surface area contributed by atoms with Gasteiger partial charge in [0.15, 0.2) is 0 Å². The maximum atomic E-state index is 13.1. The predicted octanol–water partition coefficient (Wildman–Crippen LogP) is 2.95. The number of carbonyl (C=O) groups excluding carboxylic acids is 3. The lowest BCUT2D eigenvalue weighted by Gasteiger charge is -2.38. The number of nitrogens with zero attached hydrogens (tertiary/aromatic N) is 1. The summed E-state index contributed by atoms with van der Waals surface area (Å²) in [4.78, 5) is 39.8. The first-order valence-electron chi connectivity index (χ1n) is 8.85. The van der Waals surface area contributed by atoms with Crippen molar-refractivity contribution in [1.29, 1.82) is 0 Å². The summed E-state index contributed by atoms with van der Waals surface area (Å²) < 4.78 is 5.28. The molecule has 1 aromatic carbocycles. The van der Waals surface area contributed by atoms with E-state index in [9.17, 15) is 14.4 Å². The van der Waals surface area contributed by atoms with E-state index in [-0.39, 0.29) is 47.2 Å². The number of ether oxygens (including phenoxy) is 1. The van der Waals surface area contributed by atoms with Crippen LogP contribution in [0.2, 0.25) is 0 Å². The molecule has 2 bridgehead atoms. The van der Waals surface area contributed by atoms with E-state index in [1.165, 1.54) is 4.90 Å². The Morgan fingerprint density at radius 1 is 1.04 bits per heavy atom. The number of hydrogen-bond donors (Lipinski definition) is 0. The number of fused-ring (bicyclic) bond motifs is 1. The molecule has 0 unspecified atom stereocenters. The van der Waals surface area contributed by atoms with Crippen molar-refractivity contribution in [2.75, 3.05) is 4.90 Å². The summed E-state index contributed by atoms with van der Waals surface area (Å²) in [5.41, 5.74) is 0.605. The number of carbonyl (C=O) groups is 3. The Morgan fingerprint density at radius 3 is 2.12 bits per heavy atom. The largest absolute Gasteiger partial charge is 0.459 e. The molecule has 25 heavy (non-hydrogen) atoms. The smallest absolute Gasteiger partial charge is 0.340 e. The number of imide groups is 1. The standard InChI is InChI=1S/C20H21NO4/c1-11(2)25-20(24)14-5-3-4-6-15(14)21-18(22)16-12-7-8-13(10-9-12)17(16)19(21)23/h3-8,11-13,16-17H,9-10H2,1-2H3/t12-,13-,16-,17+/m0/s1. The molecular formula is C20H21NO4. The summed E-state index contributed by atoms with van der Waals surface area (Å²) >= 11 is 0. The summed E-state index contributed by atoms with van der Waals surface area (Å²) in [5, 5.41) is 0. The molecule has 0 radical (unpaired) electrons. The van der Waals surface area contributed by atoms with Crippen LogP contribution in [0.25, 0.3) is 0 Å². The highest BCUT2D eigenvalue weighted by atomic mass is 16.5. The first-order chi connectivity index (χ1) is 12.0. The van der Waals surface area contributed by atoms with Crippen molar-refractivity contribution in [2.45, 2.75) is 32.8 Å². The maximum Gasteiger partial charge on any atom is 0.340 e. The number of anilines is 1. The number of hydrogen-bond acceptors (Lipinski definition) is 4. The van der Waals surface area contributed by atoms with Gasteiger partial charge in [0.05, 0.1) is 29.2 Å². The van der Waals surface area contributed by atoms with E-state index in [1.54, 1.807) is 38.1 Å². The van der Waals surface area contributed by atoms with Crippen LogP contribution >= 0.6 is 0 Å². The van der Waals surface area contributed by atoms with Gasteiger partial charge in [-0.15, -0.1) is 0 Å². The van der Waals surface area contributed by atoms with Crippen LogP contribution in [0.4, 0.5) is 5.69 Å². The van der Waals surface area contributed by atoms with E-state index in [4.69, 9.17) is 4.74 Å². The first kappa shape index (κ1) is 16.1.